The monoisotopic (exact) mass is 1040 g/mol. The molecule has 0 bridgehead atoms. The summed E-state index contributed by atoms with van der Waals surface area (Å²) in [6, 6.07) is 81.6. The third-order valence-corrected chi connectivity index (χ3v) is 16.6. The molecule has 0 atom stereocenters. The number of hydrogen-bond acceptors (Lipinski definition) is 4. The molecule has 80 heavy (non-hydrogen) atoms. The van der Waals surface area contributed by atoms with Crippen LogP contribution in [0.5, 0.6) is 11.5 Å². The molecule has 4 heteroatoms. The van der Waals surface area contributed by atoms with E-state index in [9.17, 15) is 0 Å². The van der Waals surface area contributed by atoms with Crippen molar-refractivity contribution in [2.24, 2.45) is 0 Å². The molecule has 0 radical (unpaired) electrons. The quantitative estimate of drug-likeness (QED) is 0.0800. The Labute approximate surface area is 471 Å². The van der Waals surface area contributed by atoms with Crippen LogP contribution in [0, 0.1) is 0 Å². The smallest absolute Gasteiger partial charge is 0.119 e. The first-order valence-electron chi connectivity index (χ1n) is 29.0. The maximum Gasteiger partial charge on any atom is 0.119 e. The zero-order chi connectivity index (χ0) is 54.4. The van der Waals surface area contributed by atoms with Crippen molar-refractivity contribution in [1.82, 2.24) is 0 Å². The van der Waals surface area contributed by atoms with Gasteiger partial charge in [0.25, 0.3) is 0 Å². The zero-order valence-electron chi connectivity index (χ0n) is 46.9. The highest BCUT2D eigenvalue weighted by molar-refractivity contribution is 6.47. The van der Waals surface area contributed by atoms with Crippen LogP contribution in [0.4, 0.5) is 34.1 Å². The Kier molecular flexibility index (Phi) is 13.6. The fraction of sp³-hybridized carbons (Fsp3) is 0.184. The molecule has 13 aromatic carbocycles. The fourth-order valence-electron chi connectivity index (χ4n) is 12.5. The predicted octanol–water partition coefficient (Wildman–Crippen LogP) is 22.4. The lowest BCUT2D eigenvalue weighted by Crippen LogP contribution is -2.10. The third kappa shape index (κ3) is 8.79. The first kappa shape index (κ1) is 50.6. The Hall–Kier alpha value is -8.86. The van der Waals surface area contributed by atoms with E-state index in [2.05, 4.69) is 270 Å². The van der Waals surface area contributed by atoms with Gasteiger partial charge in [-0.15, -0.1) is 0 Å². The second-order valence-electron chi connectivity index (χ2n) is 22.3. The third-order valence-electron chi connectivity index (χ3n) is 16.6. The number of hydrogen-bond donors (Lipinski definition) is 0. The summed E-state index contributed by atoms with van der Waals surface area (Å²) in [6.07, 6.45) is 4.25. The molecular formula is C76H68N2O2. The molecule has 0 N–H and O–H groups in total. The van der Waals surface area contributed by atoms with E-state index < -0.39 is 0 Å². The summed E-state index contributed by atoms with van der Waals surface area (Å²) in [6.45, 7) is 14.9. The van der Waals surface area contributed by atoms with Crippen LogP contribution in [-0.4, -0.2) is 13.2 Å². The Balaban J connectivity index is 1.10. The van der Waals surface area contributed by atoms with Crippen LogP contribution < -0.4 is 19.3 Å². The molecular weight excluding hydrogens is 973 g/mol. The van der Waals surface area contributed by atoms with Crippen molar-refractivity contribution in [2.75, 3.05) is 23.0 Å². The van der Waals surface area contributed by atoms with Gasteiger partial charge < -0.3 is 19.3 Å². The molecule has 0 saturated carbocycles. The van der Waals surface area contributed by atoms with Crippen molar-refractivity contribution >= 4 is 98.8 Å². The average molecular weight is 1040 g/mol. The fourth-order valence-corrected chi connectivity index (χ4v) is 12.5. The highest BCUT2D eigenvalue weighted by Crippen LogP contribution is 2.58. The number of rotatable bonds is 18. The Morgan fingerprint density at radius 3 is 0.975 bits per heavy atom. The van der Waals surface area contributed by atoms with Crippen molar-refractivity contribution in [1.29, 1.82) is 0 Å². The molecule has 0 aliphatic heterocycles. The van der Waals surface area contributed by atoms with Gasteiger partial charge in [-0.2, -0.15) is 0 Å². The molecule has 0 spiro atoms. The van der Waals surface area contributed by atoms with Crippen LogP contribution in [-0.2, 0) is 0 Å². The van der Waals surface area contributed by atoms with E-state index >= 15 is 0 Å². The second kappa shape index (κ2) is 21.4. The van der Waals surface area contributed by atoms with Crippen LogP contribution in [0.2, 0.25) is 0 Å². The van der Waals surface area contributed by atoms with Crippen molar-refractivity contribution in [3.05, 3.63) is 230 Å². The van der Waals surface area contributed by atoms with Crippen LogP contribution in [0.25, 0.3) is 86.9 Å². The molecule has 0 fully saturated rings. The molecule has 0 amide bonds. The lowest BCUT2D eigenvalue weighted by Gasteiger charge is -2.27. The molecule has 0 aliphatic rings. The summed E-state index contributed by atoms with van der Waals surface area (Å²) >= 11 is 0. The van der Waals surface area contributed by atoms with Crippen molar-refractivity contribution in [3.8, 4) is 33.8 Å². The maximum absolute atomic E-state index is 6.20. The van der Waals surface area contributed by atoms with E-state index in [1.54, 1.807) is 0 Å². The highest BCUT2D eigenvalue weighted by atomic mass is 16.5. The van der Waals surface area contributed by atoms with E-state index in [1.807, 2.05) is 0 Å². The highest BCUT2D eigenvalue weighted by Gasteiger charge is 2.30. The van der Waals surface area contributed by atoms with Gasteiger partial charge in [-0.1, -0.05) is 188 Å². The largest absolute Gasteiger partial charge is 0.494 e. The Bertz CT molecular complexity index is 3950. The van der Waals surface area contributed by atoms with Crippen LogP contribution in [0.15, 0.2) is 218 Å². The van der Waals surface area contributed by atoms with E-state index in [-0.39, 0.29) is 0 Å². The number of ether oxygens (including phenoxy) is 2. The summed E-state index contributed by atoms with van der Waals surface area (Å²) < 4.78 is 12.4. The first-order chi connectivity index (χ1) is 39.3. The second-order valence-corrected chi connectivity index (χ2v) is 22.3. The lowest BCUT2D eigenvalue weighted by molar-refractivity contribution is 0.309. The molecule has 394 valence electrons. The molecule has 13 aromatic rings. The Morgan fingerprint density at radius 1 is 0.312 bits per heavy atom. The summed E-state index contributed by atoms with van der Waals surface area (Å²) in [5.74, 6) is 2.63. The maximum atomic E-state index is 6.20. The molecule has 0 heterocycles. The van der Waals surface area contributed by atoms with E-state index in [1.165, 1.54) is 98.0 Å². The average Bonchev–Trinajstić information content (AvgIpc) is 2.50. The van der Waals surface area contributed by atoms with Crippen LogP contribution in [0.1, 0.15) is 90.2 Å². The van der Waals surface area contributed by atoms with Gasteiger partial charge in [0.15, 0.2) is 0 Å². The number of anilines is 6. The normalized spacial score (nSPS) is 11.9. The van der Waals surface area contributed by atoms with Gasteiger partial charge in [-0.3, -0.25) is 0 Å². The molecule has 0 aliphatic carbocycles. The van der Waals surface area contributed by atoms with Crippen molar-refractivity contribution in [3.63, 3.8) is 0 Å². The van der Waals surface area contributed by atoms with Gasteiger partial charge >= 0.3 is 0 Å². The standard InChI is InChI=1S/C76H68N2O2/c1-7-9-47-79-59-39-35-57(36-40-59)77(55-31-27-51(28-32-55)49(3)4)67-45-43-65-71-61(67)23-17-25-63(71)73-69(53-19-13-11-14-20-53)74-64-26-18-24-62-68(46-44-66(72(62)64)76(74)70(75(65)73)54-21-15-12-16-22-54)78(56-33-29-52(30-34-56)50(5)6)58-37-41-60(42-38-58)80-48-10-8-2/h11-46,49-50H,7-10,47-48H2,1-6H3. The van der Waals surface area contributed by atoms with Gasteiger partial charge in [0.05, 0.1) is 24.6 Å². The van der Waals surface area contributed by atoms with Gasteiger partial charge in [0, 0.05) is 33.5 Å². The van der Waals surface area contributed by atoms with E-state index in [4.69, 9.17) is 9.47 Å². The molecule has 0 unspecified atom stereocenters. The Morgan fingerprint density at radius 2 is 0.637 bits per heavy atom. The molecule has 0 aromatic heterocycles. The van der Waals surface area contributed by atoms with Gasteiger partial charge in [-0.25, -0.2) is 0 Å². The minimum absolute atomic E-state index is 0.425. The van der Waals surface area contributed by atoms with Gasteiger partial charge in [0.2, 0.25) is 0 Å². The summed E-state index contributed by atoms with van der Waals surface area (Å²) in [5.41, 5.74) is 14.2. The summed E-state index contributed by atoms with van der Waals surface area (Å²) in [7, 11) is 0. The zero-order valence-corrected chi connectivity index (χ0v) is 46.9. The number of nitrogens with zero attached hydrogens (tertiary/aromatic N) is 2. The van der Waals surface area contributed by atoms with E-state index in [0.29, 0.717) is 25.0 Å². The number of fused-ring (bicyclic) bond motifs is 6. The number of benzene rings is 11. The molecule has 0 saturated heterocycles. The van der Waals surface area contributed by atoms with Gasteiger partial charge in [0.1, 0.15) is 11.5 Å². The SMILES string of the molecule is CCCCOc1ccc(N(c2ccc(C(C)C)cc2)c2ccc3c4c(-c5ccccc5)c5c6ccc(N(c7ccc(OCCCC)cc7)c7ccc(C(C)C)cc7)c7cccc(c5c(-c5ccccc5)c4c4cccc2c43)c76)cc1. The summed E-state index contributed by atoms with van der Waals surface area (Å²) in [4.78, 5) is 4.88. The minimum atomic E-state index is 0.425. The summed E-state index contributed by atoms with van der Waals surface area (Å²) in [5, 5.41) is 15.1. The topological polar surface area (TPSA) is 24.9 Å². The lowest BCUT2D eigenvalue weighted by atomic mass is 9.87. The van der Waals surface area contributed by atoms with E-state index in [0.717, 1.165) is 71.3 Å². The van der Waals surface area contributed by atoms with Crippen LogP contribution in [0.3, 0.4) is 0 Å². The van der Waals surface area contributed by atoms with Crippen LogP contribution >= 0.6 is 0 Å². The first-order valence-corrected chi connectivity index (χ1v) is 29.0. The predicted molar refractivity (Wildman–Crippen MR) is 343 cm³/mol. The number of unbranched alkanes of at least 4 members (excludes halogenated alkanes) is 2. The molecule has 13 rings (SSSR count). The van der Waals surface area contributed by atoms with Crippen molar-refractivity contribution in [2.45, 2.75) is 79.1 Å². The molecule has 4 nitrogen and oxygen atoms in total. The minimum Gasteiger partial charge on any atom is -0.494 e. The van der Waals surface area contributed by atoms with Crippen molar-refractivity contribution < 1.29 is 9.47 Å². The van der Waals surface area contributed by atoms with Gasteiger partial charge in [-0.05, 0) is 197 Å².